The molecule has 200 valence electrons. The van der Waals surface area contributed by atoms with Crippen molar-refractivity contribution in [2.75, 3.05) is 38.5 Å². The van der Waals surface area contributed by atoms with Crippen LogP contribution in [0.5, 0.6) is 5.75 Å². The zero-order chi connectivity index (χ0) is 22.6. The predicted molar refractivity (Wildman–Crippen MR) is 159 cm³/mol. The molecule has 0 saturated heterocycles. The molecule has 1 atom stereocenters. The maximum atomic E-state index is 10.1. The van der Waals surface area contributed by atoms with Gasteiger partial charge in [0.25, 0.3) is 0 Å². The molecule has 0 amide bonds. The molecule has 0 bridgehead atoms. The summed E-state index contributed by atoms with van der Waals surface area (Å²) in [6.07, 6.45) is 10.9. The molecular weight excluding hydrogens is 501 g/mol. The first-order valence-electron chi connectivity index (χ1n) is 12.7. The number of aryl methyl sites for hydroxylation is 1. The van der Waals surface area contributed by atoms with Gasteiger partial charge in [-0.15, -0.1) is 37.2 Å². The maximum Gasteiger partial charge on any atom is 0.138 e. The second-order valence-corrected chi connectivity index (χ2v) is 9.22. The minimum Gasteiger partial charge on any atom is -0.506 e. The molecule has 2 aromatic carbocycles. The van der Waals surface area contributed by atoms with E-state index in [4.69, 9.17) is 0 Å². The van der Waals surface area contributed by atoms with E-state index < -0.39 is 0 Å². The molecule has 0 heterocycles. The highest BCUT2D eigenvalue weighted by molar-refractivity contribution is 5.86. The molecule has 2 aromatic rings. The van der Waals surface area contributed by atoms with Gasteiger partial charge in [-0.1, -0.05) is 50.1 Å². The number of rotatable bonds is 14. The fourth-order valence-corrected chi connectivity index (χ4v) is 4.97. The normalized spacial score (nSPS) is 14.3. The minimum atomic E-state index is 0. The Labute approximate surface area is 231 Å². The Balaban J connectivity index is 0.00000385. The molecule has 7 heteroatoms. The summed E-state index contributed by atoms with van der Waals surface area (Å²) in [6.45, 7) is 6.91. The maximum absolute atomic E-state index is 10.1. The molecule has 0 aliphatic heterocycles. The van der Waals surface area contributed by atoms with Crippen LogP contribution in [0, 0.1) is 0 Å². The molecular formula is C28H46Cl3N3O. The Morgan fingerprint density at radius 3 is 2.37 bits per heavy atom. The van der Waals surface area contributed by atoms with Crippen LogP contribution in [0.15, 0.2) is 42.5 Å². The van der Waals surface area contributed by atoms with Gasteiger partial charge >= 0.3 is 0 Å². The number of hydrogen-bond acceptors (Lipinski definition) is 4. The standard InChI is InChI=1S/C28H43N3O.3ClH/c1-3-18-31(26-14-13-24-22-28(32)27(29-2)21-25(24)20-26)19-10-5-4-9-16-30-17-15-23-11-7-6-8-12-23;;;/h6-8,11-12,21-22,26,29-30,32H,3-5,9-10,13-20H2,1-2H3;3*1H. The summed E-state index contributed by atoms with van der Waals surface area (Å²) in [4.78, 5) is 2.73. The van der Waals surface area contributed by atoms with E-state index in [1.807, 2.05) is 13.1 Å². The number of halogens is 3. The van der Waals surface area contributed by atoms with Crippen molar-refractivity contribution in [3.63, 3.8) is 0 Å². The van der Waals surface area contributed by atoms with Crippen LogP contribution in [0.2, 0.25) is 0 Å². The largest absolute Gasteiger partial charge is 0.506 e. The Kier molecular flexibility index (Phi) is 18.4. The number of nitrogens with zero attached hydrogens (tertiary/aromatic N) is 1. The molecule has 3 rings (SSSR count). The van der Waals surface area contributed by atoms with E-state index in [0.29, 0.717) is 11.8 Å². The van der Waals surface area contributed by atoms with E-state index in [-0.39, 0.29) is 37.2 Å². The van der Waals surface area contributed by atoms with Gasteiger partial charge in [0.2, 0.25) is 0 Å². The highest BCUT2D eigenvalue weighted by Gasteiger charge is 2.24. The molecule has 1 aliphatic carbocycles. The zero-order valence-corrected chi connectivity index (χ0v) is 23.9. The van der Waals surface area contributed by atoms with Crippen LogP contribution in [-0.2, 0) is 19.3 Å². The van der Waals surface area contributed by atoms with E-state index in [1.54, 1.807) is 0 Å². The van der Waals surface area contributed by atoms with Crippen molar-refractivity contribution in [3.05, 3.63) is 59.2 Å². The fourth-order valence-electron chi connectivity index (χ4n) is 4.97. The second kappa shape index (κ2) is 19.0. The van der Waals surface area contributed by atoms with Crippen molar-refractivity contribution in [2.45, 2.75) is 70.8 Å². The first kappa shape index (κ1) is 33.8. The Morgan fingerprint density at radius 2 is 1.66 bits per heavy atom. The summed E-state index contributed by atoms with van der Waals surface area (Å²) in [5, 5.41) is 16.9. The van der Waals surface area contributed by atoms with Crippen molar-refractivity contribution < 1.29 is 5.11 Å². The van der Waals surface area contributed by atoms with E-state index in [2.05, 4.69) is 58.9 Å². The van der Waals surface area contributed by atoms with Gasteiger partial charge in [0.15, 0.2) is 0 Å². The fraction of sp³-hybridized carbons (Fsp3) is 0.571. The van der Waals surface area contributed by atoms with Gasteiger partial charge in [0.05, 0.1) is 5.69 Å². The third kappa shape index (κ3) is 11.2. The van der Waals surface area contributed by atoms with Crippen molar-refractivity contribution >= 4 is 42.9 Å². The number of hydrogen-bond donors (Lipinski definition) is 3. The van der Waals surface area contributed by atoms with Gasteiger partial charge in [-0.05, 0) is 99.9 Å². The summed E-state index contributed by atoms with van der Waals surface area (Å²) >= 11 is 0. The summed E-state index contributed by atoms with van der Waals surface area (Å²) in [7, 11) is 1.88. The molecule has 0 spiro atoms. The summed E-state index contributed by atoms with van der Waals surface area (Å²) in [5.74, 6) is 0.379. The molecule has 1 unspecified atom stereocenters. The third-order valence-corrected chi connectivity index (χ3v) is 6.80. The van der Waals surface area contributed by atoms with E-state index >= 15 is 0 Å². The quantitative estimate of drug-likeness (QED) is 0.183. The Morgan fingerprint density at radius 1 is 0.914 bits per heavy atom. The lowest BCUT2D eigenvalue weighted by atomic mass is 9.86. The molecule has 0 fully saturated rings. The summed E-state index contributed by atoms with van der Waals surface area (Å²) < 4.78 is 0. The van der Waals surface area contributed by atoms with Crippen molar-refractivity contribution in [3.8, 4) is 5.75 Å². The van der Waals surface area contributed by atoms with Crippen molar-refractivity contribution in [1.29, 1.82) is 0 Å². The van der Waals surface area contributed by atoms with Crippen LogP contribution >= 0.6 is 37.2 Å². The predicted octanol–water partition coefficient (Wildman–Crippen LogP) is 6.66. The number of unbranched alkanes of at least 4 members (excludes halogenated alkanes) is 3. The highest BCUT2D eigenvalue weighted by Crippen LogP contribution is 2.33. The van der Waals surface area contributed by atoms with Gasteiger partial charge < -0.3 is 20.6 Å². The molecule has 4 nitrogen and oxygen atoms in total. The van der Waals surface area contributed by atoms with Gasteiger partial charge in [-0.3, -0.25) is 0 Å². The molecule has 0 radical (unpaired) electrons. The molecule has 0 saturated carbocycles. The number of phenolic OH excluding ortho intramolecular Hbond substituents is 1. The Hall–Kier alpha value is -1.17. The van der Waals surface area contributed by atoms with E-state index in [9.17, 15) is 5.11 Å². The zero-order valence-electron chi connectivity index (χ0n) is 21.4. The monoisotopic (exact) mass is 545 g/mol. The summed E-state index contributed by atoms with van der Waals surface area (Å²) in [5.41, 5.74) is 5.00. The number of phenols is 1. The van der Waals surface area contributed by atoms with Gasteiger partial charge in [-0.25, -0.2) is 0 Å². The lowest BCUT2D eigenvalue weighted by Gasteiger charge is -2.35. The number of fused-ring (bicyclic) bond motifs is 1. The van der Waals surface area contributed by atoms with Gasteiger partial charge in [-0.2, -0.15) is 0 Å². The third-order valence-electron chi connectivity index (χ3n) is 6.80. The van der Waals surface area contributed by atoms with Crippen molar-refractivity contribution in [2.24, 2.45) is 0 Å². The lowest BCUT2D eigenvalue weighted by molar-refractivity contribution is 0.176. The van der Waals surface area contributed by atoms with Crippen LogP contribution < -0.4 is 10.6 Å². The van der Waals surface area contributed by atoms with Crippen LogP contribution in [0.3, 0.4) is 0 Å². The number of benzene rings is 2. The highest BCUT2D eigenvalue weighted by atomic mass is 35.5. The van der Waals surface area contributed by atoms with Crippen LogP contribution in [0.1, 0.15) is 62.1 Å². The average Bonchev–Trinajstić information content (AvgIpc) is 2.82. The Bertz CT molecular complexity index is 808. The second-order valence-electron chi connectivity index (χ2n) is 9.22. The molecule has 0 aromatic heterocycles. The lowest BCUT2D eigenvalue weighted by Crippen LogP contribution is -2.40. The first-order valence-corrected chi connectivity index (χ1v) is 12.7. The van der Waals surface area contributed by atoms with Crippen LogP contribution in [0.4, 0.5) is 5.69 Å². The van der Waals surface area contributed by atoms with Crippen molar-refractivity contribution in [1.82, 2.24) is 10.2 Å². The van der Waals surface area contributed by atoms with Gasteiger partial charge in [0, 0.05) is 13.1 Å². The number of nitrogens with one attached hydrogen (secondary N) is 2. The SMILES string of the molecule is CCCN(CCCCCCNCCc1ccccc1)C1CCc2cc(O)c(NC)cc2C1.Cl.Cl.Cl. The topological polar surface area (TPSA) is 47.5 Å². The molecule has 1 aliphatic rings. The van der Waals surface area contributed by atoms with Gasteiger partial charge in [0.1, 0.15) is 5.75 Å². The van der Waals surface area contributed by atoms with Crippen LogP contribution in [-0.4, -0.2) is 49.3 Å². The molecule has 35 heavy (non-hydrogen) atoms. The van der Waals surface area contributed by atoms with E-state index in [1.165, 1.54) is 68.3 Å². The number of anilines is 1. The van der Waals surface area contributed by atoms with E-state index in [0.717, 1.165) is 38.0 Å². The summed E-state index contributed by atoms with van der Waals surface area (Å²) in [6, 6.07) is 15.5. The molecule has 3 N–H and O–H groups in total. The minimum absolute atomic E-state index is 0. The van der Waals surface area contributed by atoms with Crippen LogP contribution in [0.25, 0.3) is 0 Å². The average molecular weight is 547 g/mol. The number of aromatic hydroxyl groups is 1. The first-order chi connectivity index (χ1) is 15.7. The smallest absolute Gasteiger partial charge is 0.138 e.